The first-order valence-corrected chi connectivity index (χ1v) is 5.83. The number of nitrogens with one attached hydrogen (secondary N) is 1. The van der Waals surface area contributed by atoms with Gasteiger partial charge in [-0.2, -0.15) is 0 Å². The van der Waals surface area contributed by atoms with Crippen molar-refractivity contribution in [3.05, 3.63) is 40.9 Å². The number of carbonyl (C=O) groups excluding carboxylic acids is 1. The van der Waals surface area contributed by atoms with E-state index in [4.69, 9.17) is 4.74 Å². The Kier molecular flexibility index (Phi) is 3.79. The highest BCUT2D eigenvalue weighted by Crippen LogP contribution is 2.12. The van der Waals surface area contributed by atoms with E-state index in [0.29, 0.717) is 17.3 Å². The van der Waals surface area contributed by atoms with E-state index in [0.717, 1.165) is 5.56 Å². The molecule has 0 aliphatic rings. The Morgan fingerprint density at radius 2 is 2.41 bits per heavy atom. The maximum atomic E-state index is 11.9. The van der Waals surface area contributed by atoms with Crippen LogP contribution in [0, 0.1) is 0 Å². The molecule has 1 heterocycles. The number of hydrogen-bond donors (Lipinski definition) is 1. The monoisotopic (exact) mass is 249 g/mol. The van der Waals surface area contributed by atoms with Crippen LogP contribution in [0.4, 0.5) is 5.13 Å². The number of hydrogen-bond acceptors (Lipinski definition) is 5. The van der Waals surface area contributed by atoms with Gasteiger partial charge in [-0.05, 0) is 17.7 Å². The number of benzene rings is 1. The fourth-order valence-electron chi connectivity index (χ4n) is 1.37. The van der Waals surface area contributed by atoms with Gasteiger partial charge in [-0.25, -0.2) is 0 Å². The number of ether oxygens (including phenoxy) is 1. The molecule has 0 atom stereocenters. The lowest BCUT2D eigenvalue weighted by atomic mass is 10.1. The molecule has 1 aromatic heterocycles. The molecular formula is C11H11N3O2S. The Balaban J connectivity index is 2.11. The maximum Gasteiger partial charge on any atom is 0.257 e. The molecule has 0 bridgehead atoms. The van der Waals surface area contributed by atoms with Gasteiger partial charge >= 0.3 is 0 Å². The SMILES string of the molecule is COCc1cccc(C(=O)Nc2nncs2)c1. The summed E-state index contributed by atoms with van der Waals surface area (Å²) >= 11 is 1.28. The zero-order valence-electron chi connectivity index (χ0n) is 9.21. The number of carbonyl (C=O) groups is 1. The van der Waals surface area contributed by atoms with Crippen LogP contribution in [0.15, 0.2) is 29.8 Å². The minimum atomic E-state index is -0.195. The van der Waals surface area contributed by atoms with Gasteiger partial charge in [0, 0.05) is 12.7 Å². The van der Waals surface area contributed by atoms with Crippen LogP contribution in [0.25, 0.3) is 0 Å². The van der Waals surface area contributed by atoms with Crippen molar-refractivity contribution in [2.24, 2.45) is 0 Å². The molecule has 1 aromatic carbocycles. The van der Waals surface area contributed by atoms with Crippen molar-refractivity contribution in [1.29, 1.82) is 0 Å². The van der Waals surface area contributed by atoms with Crippen LogP contribution in [0.2, 0.25) is 0 Å². The summed E-state index contributed by atoms with van der Waals surface area (Å²) in [4.78, 5) is 11.9. The van der Waals surface area contributed by atoms with Crippen LogP contribution in [-0.2, 0) is 11.3 Å². The van der Waals surface area contributed by atoms with Crippen molar-refractivity contribution in [1.82, 2.24) is 10.2 Å². The van der Waals surface area contributed by atoms with Crippen molar-refractivity contribution in [2.45, 2.75) is 6.61 Å². The van der Waals surface area contributed by atoms with Gasteiger partial charge in [0.2, 0.25) is 5.13 Å². The summed E-state index contributed by atoms with van der Waals surface area (Å²) in [6.45, 7) is 0.486. The van der Waals surface area contributed by atoms with E-state index in [1.165, 1.54) is 11.3 Å². The highest BCUT2D eigenvalue weighted by molar-refractivity contribution is 7.13. The minimum absolute atomic E-state index is 0.195. The summed E-state index contributed by atoms with van der Waals surface area (Å²) in [5.74, 6) is -0.195. The average molecular weight is 249 g/mol. The molecule has 0 saturated carbocycles. The lowest BCUT2D eigenvalue weighted by molar-refractivity contribution is 0.102. The van der Waals surface area contributed by atoms with Crippen molar-refractivity contribution >= 4 is 22.4 Å². The van der Waals surface area contributed by atoms with Gasteiger partial charge in [-0.3, -0.25) is 10.1 Å². The number of anilines is 1. The fourth-order valence-corrected chi connectivity index (χ4v) is 1.81. The molecule has 1 N–H and O–H groups in total. The summed E-state index contributed by atoms with van der Waals surface area (Å²) in [5, 5.41) is 10.6. The standard InChI is InChI=1S/C11H11N3O2S/c1-16-6-8-3-2-4-9(5-8)10(15)13-11-14-12-7-17-11/h2-5,7H,6H2,1H3,(H,13,14,15). The van der Waals surface area contributed by atoms with E-state index in [-0.39, 0.29) is 5.91 Å². The minimum Gasteiger partial charge on any atom is -0.380 e. The second-order valence-electron chi connectivity index (χ2n) is 3.33. The van der Waals surface area contributed by atoms with Gasteiger partial charge in [0.25, 0.3) is 5.91 Å². The van der Waals surface area contributed by atoms with Crippen molar-refractivity contribution in [3.8, 4) is 0 Å². The summed E-state index contributed by atoms with van der Waals surface area (Å²) in [6.07, 6.45) is 0. The molecule has 0 aliphatic carbocycles. The summed E-state index contributed by atoms with van der Waals surface area (Å²) in [7, 11) is 1.62. The van der Waals surface area contributed by atoms with Gasteiger partial charge < -0.3 is 4.74 Å². The maximum absolute atomic E-state index is 11.9. The fraction of sp³-hybridized carbons (Fsp3) is 0.182. The van der Waals surface area contributed by atoms with Gasteiger partial charge in [-0.15, -0.1) is 10.2 Å². The average Bonchev–Trinajstić information content (AvgIpc) is 2.83. The molecule has 0 radical (unpaired) electrons. The van der Waals surface area contributed by atoms with Gasteiger partial charge in [0.1, 0.15) is 5.51 Å². The highest BCUT2D eigenvalue weighted by Gasteiger charge is 2.08. The number of methoxy groups -OCH3 is 1. The Hall–Kier alpha value is -1.79. The third kappa shape index (κ3) is 3.08. The third-order valence-electron chi connectivity index (χ3n) is 2.08. The Morgan fingerprint density at radius 3 is 3.12 bits per heavy atom. The molecule has 5 nitrogen and oxygen atoms in total. The molecule has 1 amide bonds. The van der Waals surface area contributed by atoms with Crippen LogP contribution >= 0.6 is 11.3 Å². The quantitative estimate of drug-likeness (QED) is 0.899. The van der Waals surface area contributed by atoms with Gasteiger partial charge in [0.15, 0.2) is 0 Å². The normalized spacial score (nSPS) is 10.2. The molecule has 0 fully saturated rings. The molecule has 2 rings (SSSR count). The Bertz CT molecular complexity index is 499. The molecule has 0 unspecified atom stereocenters. The van der Waals surface area contributed by atoms with E-state index in [1.807, 2.05) is 12.1 Å². The number of nitrogens with zero attached hydrogens (tertiary/aromatic N) is 2. The van der Waals surface area contributed by atoms with Crippen molar-refractivity contribution in [2.75, 3.05) is 12.4 Å². The predicted molar refractivity (Wildman–Crippen MR) is 65.0 cm³/mol. The lowest BCUT2D eigenvalue weighted by Crippen LogP contribution is -2.12. The molecule has 0 spiro atoms. The molecule has 6 heteroatoms. The molecule has 2 aromatic rings. The Labute approximate surface area is 102 Å². The third-order valence-corrected chi connectivity index (χ3v) is 2.69. The van der Waals surface area contributed by atoms with Crippen molar-refractivity contribution < 1.29 is 9.53 Å². The van der Waals surface area contributed by atoms with E-state index in [9.17, 15) is 4.79 Å². The highest BCUT2D eigenvalue weighted by atomic mass is 32.1. The molecule has 0 aliphatic heterocycles. The smallest absolute Gasteiger partial charge is 0.257 e. The summed E-state index contributed by atoms with van der Waals surface area (Å²) in [6, 6.07) is 7.27. The lowest BCUT2D eigenvalue weighted by Gasteiger charge is -2.04. The molecule has 88 valence electrons. The molecule has 0 saturated heterocycles. The predicted octanol–water partition coefficient (Wildman–Crippen LogP) is 1.94. The zero-order chi connectivity index (χ0) is 12.1. The van der Waals surface area contributed by atoms with Crippen LogP contribution in [0.1, 0.15) is 15.9 Å². The van der Waals surface area contributed by atoms with Gasteiger partial charge in [0.05, 0.1) is 6.61 Å². The van der Waals surface area contributed by atoms with Crippen LogP contribution in [-0.4, -0.2) is 23.2 Å². The zero-order valence-corrected chi connectivity index (χ0v) is 10.0. The second-order valence-corrected chi connectivity index (χ2v) is 4.16. The van der Waals surface area contributed by atoms with Crippen molar-refractivity contribution in [3.63, 3.8) is 0 Å². The van der Waals surface area contributed by atoms with E-state index in [2.05, 4.69) is 15.5 Å². The number of aromatic nitrogens is 2. The van der Waals surface area contributed by atoms with E-state index < -0.39 is 0 Å². The first-order chi connectivity index (χ1) is 8.29. The van der Waals surface area contributed by atoms with Crippen LogP contribution < -0.4 is 5.32 Å². The topological polar surface area (TPSA) is 64.1 Å². The first kappa shape index (κ1) is 11.7. The summed E-state index contributed by atoms with van der Waals surface area (Å²) in [5.41, 5.74) is 3.10. The summed E-state index contributed by atoms with van der Waals surface area (Å²) < 4.78 is 5.02. The second kappa shape index (κ2) is 5.51. The molecule has 17 heavy (non-hydrogen) atoms. The van der Waals surface area contributed by atoms with Crippen LogP contribution in [0.3, 0.4) is 0 Å². The van der Waals surface area contributed by atoms with Gasteiger partial charge in [-0.1, -0.05) is 23.5 Å². The van der Waals surface area contributed by atoms with E-state index >= 15 is 0 Å². The Morgan fingerprint density at radius 1 is 1.53 bits per heavy atom. The first-order valence-electron chi connectivity index (χ1n) is 4.95. The number of rotatable bonds is 4. The molecular weight excluding hydrogens is 238 g/mol. The number of amides is 1. The van der Waals surface area contributed by atoms with E-state index in [1.54, 1.807) is 24.8 Å². The van der Waals surface area contributed by atoms with Crippen LogP contribution in [0.5, 0.6) is 0 Å². The largest absolute Gasteiger partial charge is 0.380 e.